The van der Waals surface area contributed by atoms with Crippen molar-refractivity contribution in [2.75, 3.05) is 0 Å². The van der Waals surface area contributed by atoms with Gasteiger partial charge in [0.25, 0.3) is 0 Å². The second kappa shape index (κ2) is 6.60. The van der Waals surface area contributed by atoms with Crippen molar-refractivity contribution in [3.8, 4) is 0 Å². The van der Waals surface area contributed by atoms with E-state index in [1.165, 1.54) is 4.70 Å². The van der Waals surface area contributed by atoms with E-state index in [0.29, 0.717) is 6.54 Å². The lowest BCUT2D eigenvalue weighted by molar-refractivity contribution is -0.652. The third-order valence-electron chi connectivity index (χ3n) is 3.87. The quantitative estimate of drug-likeness (QED) is 0.367. The van der Waals surface area contributed by atoms with Crippen molar-refractivity contribution in [3.05, 3.63) is 77.8 Å². The maximum absolute atomic E-state index is 12.6. The van der Waals surface area contributed by atoms with Crippen LogP contribution in [-0.2, 0) is 6.54 Å². The van der Waals surface area contributed by atoms with Crippen molar-refractivity contribution in [1.29, 1.82) is 0 Å². The summed E-state index contributed by atoms with van der Waals surface area (Å²) in [5.41, 5.74) is 3.90. The van der Waals surface area contributed by atoms with E-state index >= 15 is 0 Å². The molecule has 0 radical (unpaired) electrons. The molecule has 0 aliphatic heterocycles. The van der Waals surface area contributed by atoms with Gasteiger partial charge in [-0.15, -0.1) is 17.0 Å². The van der Waals surface area contributed by atoms with Crippen LogP contribution in [0.15, 0.2) is 72.2 Å². The molecule has 1 aromatic heterocycles. The molecular weight excluding hydrogens is 370 g/mol. The van der Waals surface area contributed by atoms with Crippen molar-refractivity contribution in [2.24, 2.45) is 0 Å². The predicted octanol–water partition coefficient (Wildman–Crippen LogP) is 4.80. The minimum atomic E-state index is 0. The van der Waals surface area contributed by atoms with Crippen LogP contribution in [0.1, 0.15) is 10.4 Å². The first-order valence-electron chi connectivity index (χ1n) is 7.19. The lowest BCUT2D eigenvalue weighted by Gasteiger charge is -2.01. The van der Waals surface area contributed by atoms with E-state index in [1.54, 1.807) is 11.3 Å². The molecule has 0 fully saturated rings. The van der Waals surface area contributed by atoms with Gasteiger partial charge >= 0.3 is 0 Å². The Balaban J connectivity index is 0.00000156. The zero-order valence-corrected chi connectivity index (χ0v) is 14.8. The number of hydrogen-bond acceptors (Lipinski definition) is 2. The number of benzene rings is 3. The number of fused-ring (bicyclic) bond motifs is 2. The van der Waals surface area contributed by atoms with E-state index in [1.807, 2.05) is 58.6 Å². The van der Waals surface area contributed by atoms with Gasteiger partial charge in [0.1, 0.15) is 4.70 Å². The third kappa shape index (κ3) is 3.05. The van der Waals surface area contributed by atoms with Crippen molar-refractivity contribution in [2.45, 2.75) is 6.54 Å². The standard InChI is InChI=1S/C19H14NOS.BrH/c21-18(12-20-13-22-19-8-4-3-7-17(19)20)16-10-9-14-5-1-2-6-15(14)11-16;/h1-11,13H,12H2;1H/q+1;. The Hall–Kier alpha value is -2.04. The van der Waals surface area contributed by atoms with Crippen LogP contribution in [0.25, 0.3) is 21.0 Å². The number of para-hydroxylation sites is 1. The van der Waals surface area contributed by atoms with E-state index in [2.05, 4.69) is 18.2 Å². The Labute approximate surface area is 148 Å². The number of thiazole rings is 1. The Morgan fingerprint density at radius 1 is 0.913 bits per heavy atom. The first-order chi connectivity index (χ1) is 10.8. The highest BCUT2D eigenvalue weighted by atomic mass is 79.9. The predicted molar refractivity (Wildman–Crippen MR) is 101 cm³/mol. The number of aromatic nitrogens is 1. The van der Waals surface area contributed by atoms with Crippen LogP contribution >= 0.6 is 28.3 Å². The van der Waals surface area contributed by atoms with Crippen LogP contribution in [-0.4, -0.2) is 5.78 Å². The number of ketones is 1. The topological polar surface area (TPSA) is 20.9 Å². The van der Waals surface area contributed by atoms with E-state index in [0.717, 1.165) is 21.9 Å². The summed E-state index contributed by atoms with van der Waals surface area (Å²) < 4.78 is 3.23. The lowest BCUT2D eigenvalue weighted by Crippen LogP contribution is -2.36. The average Bonchev–Trinajstić information content (AvgIpc) is 2.97. The van der Waals surface area contributed by atoms with Crippen LogP contribution < -0.4 is 4.57 Å². The number of rotatable bonds is 3. The lowest BCUT2D eigenvalue weighted by atomic mass is 10.0. The molecule has 114 valence electrons. The molecule has 0 bridgehead atoms. The van der Waals surface area contributed by atoms with Crippen molar-refractivity contribution >= 4 is 55.1 Å². The van der Waals surface area contributed by atoms with Gasteiger partial charge in [-0.1, -0.05) is 59.9 Å². The Morgan fingerprint density at radius 2 is 1.65 bits per heavy atom. The molecule has 0 N–H and O–H groups in total. The van der Waals surface area contributed by atoms with Crippen LogP contribution in [0.5, 0.6) is 0 Å². The Morgan fingerprint density at radius 3 is 2.52 bits per heavy atom. The summed E-state index contributed by atoms with van der Waals surface area (Å²) in [6.07, 6.45) is 0. The van der Waals surface area contributed by atoms with Crippen LogP contribution in [0.4, 0.5) is 0 Å². The highest BCUT2D eigenvalue weighted by Gasteiger charge is 2.17. The third-order valence-corrected chi connectivity index (χ3v) is 4.83. The van der Waals surface area contributed by atoms with Crippen molar-refractivity contribution in [1.82, 2.24) is 0 Å². The molecule has 0 atom stereocenters. The molecule has 23 heavy (non-hydrogen) atoms. The average molecular weight is 385 g/mol. The summed E-state index contributed by atoms with van der Waals surface area (Å²) in [7, 11) is 0. The molecule has 1 heterocycles. The molecule has 4 rings (SSSR count). The van der Waals surface area contributed by atoms with Gasteiger partial charge in [0.05, 0.1) is 0 Å². The fourth-order valence-corrected chi connectivity index (χ4v) is 3.59. The number of carbonyl (C=O) groups excluding carboxylic acids is 1. The first kappa shape index (κ1) is 15.8. The second-order valence-corrected chi connectivity index (χ2v) is 6.19. The summed E-state index contributed by atoms with van der Waals surface area (Å²) in [6, 6.07) is 22.2. The van der Waals surface area contributed by atoms with Gasteiger partial charge < -0.3 is 0 Å². The maximum atomic E-state index is 12.6. The summed E-state index contributed by atoms with van der Waals surface area (Å²) in [6.45, 7) is 0.377. The van der Waals surface area contributed by atoms with Gasteiger partial charge in [0.15, 0.2) is 0 Å². The number of halogens is 1. The zero-order valence-electron chi connectivity index (χ0n) is 12.3. The van der Waals surface area contributed by atoms with Gasteiger partial charge in [-0.05, 0) is 22.9 Å². The zero-order chi connectivity index (χ0) is 14.9. The van der Waals surface area contributed by atoms with Gasteiger partial charge in [0, 0.05) is 11.6 Å². The molecule has 4 heteroatoms. The summed E-state index contributed by atoms with van der Waals surface area (Å²) in [5, 5.41) is 2.27. The van der Waals surface area contributed by atoms with E-state index in [9.17, 15) is 4.79 Å². The number of Topliss-reactive ketones (excluding diaryl/α,β-unsaturated/α-hetero) is 1. The molecule has 0 saturated heterocycles. The Bertz CT molecular complexity index is 993. The monoisotopic (exact) mass is 384 g/mol. The fraction of sp³-hybridized carbons (Fsp3) is 0.0526. The smallest absolute Gasteiger partial charge is 0.227 e. The summed E-state index contributed by atoms with van der Waals surface area (Å²) in [5.74, 6) is 0.138. The van der Waals surface area contributed by atoms with E-state index < -0.39 is 0 Å². The second-order valence-electron chi connectivity index (χ2n) is 5.30. The van der Waals surface area contributed by atoms with E-state index in [4.69, 9.17) is 0 Å². The fourth-order valence-electron chi connectivity index (χ4n) is 2.70. The minimum Gasteiger partial charge on any atom is -0.287 e. The Kier molecular flexibility index (Phi) is 4.55. The first-order valence-corrected chi connectivity index (χ1v) is 8.07. The van der Waals surface area contributed by atoms with Gasteiger partial charge in [-0.2, -0.15) is 4.57 Å². The van der Waals surface area contributed by atoms with Crippen LogP contribution in [0.3, 0.4) is 0 Å². The van der Waals surface area contributed by atoms with Crippen LogP contribution in [0, 0.1) is 0 Å². The molecule has 0 unspecified atom stereocenters. The van der Waals surface area contributed by atoms with Crippen molar-refractivity contribution in [3.63, 3.8) is 0 Å². The SMILES string of the molecule is Br.O=C(C[n+]1csc2ccccc21)c1ccc2ccccc2c1. The van der Waals surface area contributed by atoms with Crippen LogP contribution in [0.2, 0.25) is 0 Å². The molecule has 0 aliphatic rings. The number of hydrogen-bond donors (Lipinski definition) is 0. The molecule has 0 saturated carbocycles. The molecule has 0 spiro atoms. The minimum absolute atomic E-state index is 0. The summed E-state index contributed by atoms with van der Waals surface area (Å²) in [4.78, 5) is 12.6. The van der Waals surface area contributed by atoms with Gasteiger partial charge in [-0.25, -0.2) is 0 Å². The number of carbonyl (C=O) groups is 1. The van der Waals surface area contributed by atoms with Crippen molar-refractivity contribution < 1.29 is 9.36 Å². The normalized spacial score (nSPS) is 10.6. The largest absolute Gasteiger partial charge is 0.287 e. The van der Waals surface area contributed by atoms with Gasteiger partial charge in [0.2, 0.25) is 23.4 Å². The highest BCUT2D eigenvalue weighted by Crippen LogP contribution is 2.18. The molecule has 0 aliphatic carbocycles. The molecule has 2 nitrogen and oxygen atoms in total. The van der Waals surface area contributed by atoms with E-state index in [-0.39, 0.29) is 22.8 Å². The molecular formula is C19H15BrNOS+. The molecule has 3 aromatic carbocycles. The molecule has 4 aromatic rings. The number of nitrogens with zero attached hydrogens (tertiary/aromatic N) is 1. The summed E-state index contributed by atoms with van der Waals surface area (Å²) >= 11 is 1.66. The maximum Gasteiger partial charge on any atom is 0.227 e. The molecule has 0 amide bonds. The van der Waals surface area contributed by atoms with Gasteiger partial charge in [-0.3, -0.25) is 4.79 Å². The highest BCUT2D eigenvalue weighted by molar-refractivity contribution is 8.93.